The van der Waals surface area contributed by atoms with Gasteiger partial charge in [0.15, 0.2) is 0 Å². The number of hydrogen-bond donors (Lipinski definition) is 4. The fourth-order valence-corrected chi connectivity index (χ4v) is 0.993. The van der Waals surface area contributed by atoms with E-state index < -0.39 is 14.2 Å². The minimum atomic E-state index is -1.44. The Hall–Kier alpha value is -0.970. The van der Waals surface area contributed by atoms with Gasteiger partial charge in [-0.1, -0.05) is 12.1 Å². The Labute approximate surface area is 77.5 Å². The van der Waals surface area contributed by atoms with E-state index in [1.807, 2.05) is 0 Å². The molecule has 0 radical (unpaired) electrons. The van der Waals surface area contributed by atoms with Crippen LogP contribution < -0.4 is 10.7 Å². The first-order valence-corrected chi connectivity index (χ1v) is 4.00. The third-order valence-electron chi connectivity index (χ3n) is 1.58. The van der Waals surface area contributed by atoms with Gasteiger partial charge in [0.2, 0.25) is 0 Å². The normalized spacial score (nSPS) is 9.54. The van der Waals surface area contributed by atoms with Gasteiger partial charge < -0.3 is 20.3 Å². The van der Waals surface area contributed by atoms with Crippen molar-refractivity contribution in [2.24, 2.45) is 0 Å². The Balaban J connectivity index is 2.70. The lowest BCUT2D eigenvalue weighted by molar-refractivity contribution is 0.426. The summed E-state index contributed by atoms with van der Waals surface area (Å²) in [6, 6.07) is 6.49. The predicted octanol–water partition coefficient (Wildman–Crippen LogP) is -1.11. The summed E-state index contributed by atoms with van der Waals surface area (Å²) < 4.78 is 0. The molecule has 0 bridgehead atoms. The van der Waals surface area contributed by atoms with Gasteiger partial charge in [-0.2, -0.15) is 0 Å². The minimum Gasteiger partial charge on any atom is -0.433 e. The summed E-state index contributed by atoms with van der Waals surface area (Å²) in [5.41, 5.74) is 1.16. The molecule has 1 rings (SSSR count). The Morgan fingerprint density at radius 3 is 2.00 bits per heavy atom. The molecule has 1 aromatic carbocycles. The molecular weight excluding hydrogens is 168 g/mol. The summed E-state index contributed by atoms with van der Waals surface area (Å²) in [5, 5.41) is 29.3. The molecule has 0 aliphatic heterocycles. The van der Waals surface area contributed by atoms with E-state index in [9.17, 15) is 0 Å². The van der Waals surface area contributed by atoms with Crippen LogP contribution in [0.25, 0.3) is 0 Å². The van der Waals surface area contributed by atoms with Crippen LogP contribution in [0.2, 0.25) is 6.82 Å². The maximum atomic E-state index is 8.97. The molecule has 13 heavy (non-hydrogen) atoms. The van der Waals surface area contributed by atoms with E-state index in [2.05, 4.69) is 5.23 Å². The summed E-state index contributed by atoms with van der Waals surface area (Å²) in [7, 11) is -2.06. The van der Waals surface area contributed by atoms with Crippen LogP contribution in [0.3, 0.4) is 0 Å². The maximum absolute atomic E-state index is 8.97. The lowest BCUT2D eigenvalue weighted by Crippen LogP contribution is -2.29. The van der Waals surface area contributed by atoms with Crippen LogP contribution in [-0.4, -0.2) is 29.2 Å². The summed E-state index contributed by atoms with van der Waals surface area (Å²) in [6.45, 7) is 1.61. The van der Waals surface area contributed by atoms with Crippen molar-refractivity contribution in [2.45, 2.75) is 6.82 Å². The van der Waals surface area contributed by atoms with Crippen molar-refractivity contribution in [1.82, 2.24) is 0 Å². The summed E-state index contributed by atoms with van der Waals surface area (Å²) >= 11 is 0. The molecule has 0 fully saturated rings. The van der Waals surface area contributed by atoms with E-state index in [1.165, 1.54) is 0 Å². The molecule has 0 heterocycles. The molecule has 0 aliphatic carbocycles. The molecule has 0 unspecified atom stereocenters. The van der Waals surface area contributed by atoms with Crippen molar-refractivity contribution in [2.75, 3.05) is 5.23 Å². The monoisotopic (exact) mass is 179 g/mol. The Morgan fingerprint density at radius 1 is 1.08 bits per heavy atom. The van der Waals surface area contributed by atoms with Crippen LogP contribution in [-0.2, 0) is 0 Å². The standard InChI is InChI=1S/C7H11B2NO3/c1-8(11)10-7-4-2-6(3-5-7)9(12)13/h2-5,10-13H,1H3. The van der Waals surface area contributed by atoms with E-state index in [1.54, 1.807) is 31.1 Å². The highest BCUT2D eigenvalue weighted by Gasteiger charge is 2.10. The molecule has 4 nitrogen and oxygen atoms in total. The van der Waals surface area contributed by atoms with Crippen molar-refractivity contribution < 1.29 is 15.1 Å². The van der Waals surface area contributed by atoms with Gasteiger partial charge >= 0.3 is 14.2 Å². The molecule has 6 heteroatoms. The van der Waals surface area contributed by atoms with Crippen LogP contribution >= 0.6 is 0 Å². The molecule has 0 spiro atoms. The number of rotatable bonds is 3. The van der Waals surface area contributed by atoms with Crippen molar-refractivity contribution in [3.63, 3.8) is 0 Å². The summed E-state index contributed by atoms with van der Waals surface area (Å²) in [6.07, 6.45) is 0. The van der Waals surface area contributed by atoms with Gasteiger partial charge in [-0.15, -0.1) is 0 Å². The van der Waals surface area contributed by atoms with Gasteiger partial charge in [0, 0.05) is 5.69 Å². The van der Waals surface area contributed by atoms with Gasteiger partial charge in [0.1, 0.15) is 0 Å². The fraction of sp³-hybridized carbons (Fsp3) is 0.143. The van der Waals surface area contributed by atoms with Crippen LogP contribution in [0.4, 0.5) is 5.69 Å². The van der Waals surface area contributed by atoms with Crippen molar-refractivity contribution >= 4 is 25.3 Å². The van der Waals surface area contributed by atoms with Crippen molar-refractivity contribution in [3.8, 4) is 0 Å². The second-order valence-corrected chi connectivity index (χ2v) is 2.82. The van der Waals surface area contributed by atoms with Crippen molar-refractivity contribution in [1.29, 1.82) is 0 Å². The second kappa shape index (κ2) is 4.32. The van der Waals surface area contributed by atoms with E-state index in [-0.39, 0.29) is 0 Å². The number of hydrogen-bond acceptors (Lipinski definition) is 4. The molecular formula is C7H11B2NO3. The third-order valence-corrected chi connectivity index (χ3v) is 1.58. The van der Waals surface area contributed by atoms with Crippen LogP contribution in [0.5, 0.6) is 0 Å². The van der Waals surface area contributed by atoms with Gasteiger partial charge in [-0.25, -0.2) is 0 Å². The fourth-order valence-electron chi connectivity index (χ4n) is 0.993. The average molecular weight is 179 g/mol. The summed E-state index contributed by atoms with van der Waals surface area (Å²) in [5.74, 6) is 0. The molecule has 1 aromatic rings. The van der Waals surface area contributed by atoms with Crippen LogP contribution in [0.1, 0.15) is 0 Å². The Kier molecular flexibility index (Phi) is 3.36. The molecule has 0 saturated heterocycles. The van der Waals surface area contributed by atoms with Crippen LogP contribution in [0.15, 0.2) is 24.3 Å². The zero-order valence-electron chi connectivity index (χ0n) is 7.31. The first-order chi connectivity index (χ1) is 6.09. The third kappa shape index (κ3) is 3.10. The lowest BCUT2D eigenvalue weighted by atomic mass is 9.80. The average Bonchev–Trinajstić information content (AvgIpc) is 2.04. The van der Waals surface area contributed by atoms with Crippen LogP contribution in [0, 0.1) is 0 Å². The Bertz CT molecular complexity index is 263. The van der Waals surface area contributed by atoms with Gasteiger partial charge in [0.05, 0.1) is 0 Å². The smallest absolute Gasteiger partial charge is 0.433 e. The minimum absolute atomic E-state index is 0.427. The molecule has 0 aromatic heterocycles. The molecule has 0 atom stereocenters. The summed E-state index contributed by atoms with van der Waals surface area (Å²) in [4.78, 5) is 0. The maximum Gasteiger partial charge on any atom is 0.488 e. The van der Waals surface area contributed by atoms with Gasteiger partial charge in [-0.3, -0.25) is 0 Å². The zero-order chi connectivity index (χ0) is 9.84. The highest BCUT2D eigenvalue weighted by Crippen LogP contribution is 2.03. The van der Waals surface area contributed by atoms with Gasteiger partial charge in [0.25, 0.3) is 0 Å². The molecule has 0 aliphatic rings. The topological polar surface area (TPSA) is 72.7 Å². The predicted molar refractivity (Wildman–Crippen MR) is 53.7 cm³/mol. The van der Waals surface area contributed by atoms with Gasteiger partial charge in [-0.05, 0) is 24.4 Å². The number of anilines is 1. The van der Waals surface area contributed by atoms with E-state index in [0.717, 1.165) is 5.69 Å². The highest BCUT2D eigenvalue weighted by molar-refractivity contribution is 6.58. The van der Waals surface area contributed by atoms with E-state index >= 15 is 0 Å². The Morgan fingerprint density at radius 2 is 1.62 bits per heavy atom. The molecule has 4 N–H and O–H groups in total. The van der Waals surface area contributed by atoms with Crippen molar-refractivity contribution in [3.05, 3.63) is 24.3 Å². The SMILES string of the molecule is CB(O)Nc1ccc(B(O)O)cc1. The first-order valence-electron chi connectivity index (χ1n) is 4.00. The zero-order valence-corrected chi connectivity index (χ0v) is 7.31. The number of benzene rings is 1. The lowest BCUT2D eigenvalue weighted by Gasteiger charge is -2.06. The molecule has 0 amide bonds. The molecule has 68 valence electrons. The van der Waals surface area contributed by atoms with E-state index in [4.69, 9.17) is 15.1 Å². The number of nitrogens with one attached hydrogen (secondary N) is 1. The largest absolute Gasteiger partial charge is 0.488 e. The second-order valence-electron chi connectivity index (χ2n) is 2.82. The first kappa shape index (κ1) is 10.1. The quantitative estimate of drug-likeness (QED) is 0.443. The molecule has 0 saturated carbocycles. The van der Waals surface area contributed by atoms with E-state index in [0.29, 0.717) is 5.46 Å². The highest BCUT2D eigenvalue weighted by atomic mass is 16.4.